The molecular formula is C18H23NO3. The molecule has 2 N–H and O–H groups in total. The van der Waals surface area contributed by atoms with E-state index in [0.717, 1.165) is 32.1 Å². The van der Waals surface area contributed by atoms with Gasteiger partial charge in [0, 0.05) is 6.54 Å². The van der Waals surface area contributed by atoms with Gasteiger partial charge in [0.05, 0.1) is 11.8 Å². The van der Waals surface area contributed by atoms with E-state index in [1.54, 1.807) is 0 Å². The van der Waals surface area contributed by atoms with E-state index in [4.69, 9.17) is 0 Å². The summed E-state index contributed by atoms with van der Waals surface area (Å²) in [6.07, 6.45) is 4.71. The van der Waals surface area contributed by atoms with Crippen LogP contribution < -0.4 is 5.32 Å². The molecule has 4 atom stereocenters. The average Bonchev–Trinajstić information content (AvgIpc) is 3.13. The summed E-state index contributed by atoms with van der Waals surface area (Å²) in [4.78, 5) is 23.8. The number of carbonyl (C=O) groups is 2. The molecule has 0 aliphatic heterocycles. The number of nitrogens with one attached hydrogen (secondary N) is 1. The number of amides is 1. The Kier molecular flexibility index (Phi) is 4.46. The van der Waals surface area contributed by atoms with Crippen LogP contribution in [0.4, 0.5) is 0 Å². The third kappa shape index (κ3) is 3.01. The molecule has 3 rings (SSSR count). The van der Waals surface area contributed by atoms with Crippen LogP contribution >= 0.6 is 0 Å². The highest BCUT2D eigenvalue weighted by atomic mass is 16.4. The van der Waals surface area contributed by atoms with Crippen LogP contribution in [-0.2, 0) is 16.0 Å². The number of carboxylic acids is 1. The van der Waals surface area contributed by atoms with E-state index in [9.17, 15) is 14.7 Å². The van der Waals surface area contributed by atoms with Crippen molar-refractivity contribution in [2.45, 2.75) is 32.1 Å². The van der Waals surface area contributed by atoms with E-state index in [1.807, 2.05) is 18.2 Å². The molecule has 1 aromatic carbocycles. The van der Waals surface area contributed by atoms with Gasteiger partial charge in [0.15, 0.2) is 0 Å². The first kappa shape index (κ1) is 15.1. The highest BCUT2D eigenvalue weighted by Crippen LogP contribution is 2.52. The molecule has 4 nitrogen and oxygen atoms in total. The van der Waals surface area contributed by atoms with Crippen molar-refractivity contribution in [3.05, 3.63) is 35.9 Å². The van der Waals surface area contributed by atoms with Crippen molar-refractivity contribution >= 4 is 11.9 Å². The van der Waals surface area contributed by atoms with Crippen LogP contribution in [0.3, 0.4) is 0 Å². The molecule has 2 saturated carbocycles. The summed E-state index contributed by atoms with van der Waals surface area (Å²) in [5, 5.41) is 12.4. The Morgan fingerprint density at radius 2 is 1.77 bits per heavy atom. The van der Waals surface area contributed by atoms with Crippen molar-refractivity contribution in [2.75, 3.05) is 6.54 Å². The minimum atomic E-state index is -0.795. The lowest BCUT2D eigenvalue weighted by atomic mass is 9.78. The Bertz CT molecular complexity index is 543. The maximum atomic E-state index is 12.4. The molecule has 2 fully saturated rings. The first-order valence-corrected chi connectivity index (χ1v) is 8.21. The molecule has 4 heteroatoms. The van der Waals surface area contributed by atoms with Gasteiger partial charge in [0.1, 0.15) is 0 Å². The first-order chi connectivity index (χ1) is 10.7. The SMILES string of the molecule is O=C(O)[C@H]1[C@@H]2CC[C@@H](C2)[C@@H]1C(=O)NCCCc1ccccc1. The van der Waals surface area contributed by atoms with E-state index < -0.39 is 11.9 Å². The van der Waals surface area contributed by atoms with Gasteiger partial charge >= 0.3 is 5.97 Å². The van der Waals surface area contributed by atoms with Crippen LogP contribution in [-0.4, -0.2) is 23.5 Å². The van der Waals surface area contributed by atoms with Crippen molar-refractivity contribution in [2.24, 2.45) is 23.7 Å². The van der Waals surface area contributed by atoms with E-state index in [2.05, 4.69) is 17.4 Å². The van der Waals surface area contributed by atoms with Crippen molar-refractivity contribution in [1.29, 1.82) is 0 Å². The molecule has 1 aromatic rings. The number of hydrogen-bond acceptors (Lipinski definition) is 2. The van der Waals surface area contributed by atoms with Crippen LogP contribution in [0, 0.1) is 23.7 Å². The normalized spacial score (nSPS) is 29.5. The van der Waals surface area contributed by atoms with Gasteiger partial charge in [0.25, 0.3) is 0 Å². The summed E-state index contributed by atoms with van der Waals surface area (Å²) < 4.78 is 0. The number of hydrogen-bond donors (Lipinski definition) is 2. The highest BCUT2D eigenvalue weighted by molar-refractivity contribution is 5.86. The lowest BCUT2D eigenvalue weighted by molar-refractivity contribution is -0.149. The van der Waals surface area contributed by atoms with Crippen LogP contribution in [0.25, 0.3) is 0 Å². The van der Waals surface area contributed by atoms with Gasteiger partial charge in [-0.25, -0.2) is 0 Å². The summed E-state index contributed by atoms with van der Waals surface area (Å²) in [6.45, 7) is 0.619. The van der Waals surface area contributed by atoms with Gasteiger partial charge < -0.3 is 10.4 Å². The Labute approximate surface area is 130 Å². The molecule has 118 valence electrons. The highest BCUT2D eigenvalue weighted by Gasteiger charge is 2.53. The number of benzene rings is 1. The van der Waals surface area contributed by atoms with E-state index in [-0.39, 0.29) is 23.7 Å². The zero-order valence-corrected chi connectivity index (χ0v) is 12.7. The lowest BCUT2D eigenvalue weighted by Crippen LogP contribution is -2.41. The van der Waals surface area contributed by atoms with Gasteiger partial charge in [-0.1, -0.05) is 30.3 Å². The Morgan fingerprint density at radius 3 is 2.45 bits per heavy atom. The number of aliphatic carboxylic acids is 1. The van der Waals surface area contributed by atoms with Crippen LogP contribution in [0.1, 0.15) is 31.2 Å². The first-order valence-electron chi connectivity index (χ1n) is 8.21. The fourth-order valence-electron chi connectivity index (χ4n) is 4.29. The Balaban J connectivity index is 1.48. The average molecular weight is 301 g/mol. The molecule has 0 saturated heterocycles. The van der Waals surface area contributed by atoms with Gasteiger partial charge in [-0.2, -0.15) is 0 Å². The van der Waals surface area contributed by atoms with Crippen LogP contribution in [0.15, 0.2) is 30.3 Å². The molecule has 22 heavy (non-hydrogen) atoms. The van der Waals surface area contributed by atoms with Crippen molar-refractivity contribution in [1.82, 2.24) is 5.32 Å². The molecule has 2 bridgehead atoms. The second-order valence-electron chi connectivity index (χ2n) is 6.60. The fraction of sp³-hybridized carbons (Fsp3) is 0.556. The second kappa shape index (κ2) is 6.51. The van der Waals surface area contributed by atoms with Gasteiger partial charge in [-0.3, -0.25) is 9.59 Å². The number of carbonyl (C=O) groups excluding carboxylic acids is 1. The van der Waals surface area contributed by atoms with Crippen molar-refractivity contribution in [3.63, 3.8) is 0 Å². The fourth-order valence-corrected chi connectivity index (χ4v) is 4.29. The van der Waals surface area contributed by atoms with Gasteiger partial charge in [0.2, 0.25) is 5.91 Å². The minimum absolute atomic E-state index is 0.0485. The summed E-state index contributed by atoms with van der Waals surface area (Å²) in [5.41, 5.74) is 1.26. The molecule has 2 aliphatic carbocycles. The number of carboxylic acid groups (broad SMARTS) is 1. The summed E-state index contributed by atoms with van der Waals surface area (Å²) in [5.74, 6) is -1.13. The topological polar surface area (TPSA) is 66.4 Å². The maximum absolute atomic E-state index is 12.4. The molecule has 1 amide bonds. The molecule has 0 unspecified atom stereocenters. The minimum Gasteiger partial charge on any atom is -0.481 e. The van der Waals surface area contributed by atoms with E-state index in [1.165, 1.54) is 5.56 Å². The third-order valence-electron chi connectivity index (χ3n) is 5.29. The maximum Gasteiger partial charge on any atom is 0.307 e. The largest absolute Gasteiger partial charge is 0.481 e. The molecule has 0 heterocycles. The Hall–Kier alpha value is -1.84. The third-order valence-corrected chi connectivity index (χ3v) is 5.29. The van der Waals surface area contributed by atoms with Crippen LogP contribution in [0.2, 0.25) is 0 Å². The zero-order chi connectivity index (χ0) is 15.5. The molecule has 0 radical (unpaired) electrons. The van der Waals surface area contributed by atoms with Crippen molar-refractivity contribution < 1.29 is 14.7 Å². The zero-order valence-electron chi connectivity index (χ0n) is 12.7. The second-order valence-corrected chi connectivity index (χ2v) is 6.60. The number of fused-ring (bicyclic) bond motifs is 2. The summed E-state index contributed by atoms with van der Waals surface area (Å²) >= 11 is 0. The van der Waals surface area contributed by atoms with E-state index in [0.29, 0.717) is 6.54 Å². The molecule has 2 aliphatic rings. The van der Waals surface area contributed by atoms with Gasteiger partial charge in [-0.15, -0.1) is 0 Å². The number of rotatable bonds is 6. The molecule has 0 aromatic heterocycles. The predicted molar refractivity (Wildman–Crippen MR) is 83.2 cm³/mol. The molecule has 0 spiro atoms. The van der Waals surface area contributed by atoms with Crippen molar-refractivity contribution in [3.8, 4) is 0 Å². The molecular weight excluding hydrogens is 278 g/mol. The number of aryl methyl sites for hydroxylation is 1. The lowest BCUT2D eigenvalue weighted by Gasteiger charge is -2.27. The van der Waals surface area contributed by atoms with E-state index >= 15 is 0 Å². The summed E-state index contributed by atoms with van der Waals surface area (Å²) in [7, 11) is 0. The predicted octanol–water partition coefficient (Wildman–Crippen LogP) is 2.48. The standard InChI is InChI=1S/C18H23NO3/c20-17(19-10-4-7-12-5-2-1-3-6-12)15-13-8-9-14(11-13)16(15)18(21)22/h1-3,5-6,13-16H,4,7-11H2,(H,19,20)(H,21,22)/t13-,14+,15-,16-/m0/s1. The summed E-state index contributed by atoms with van der Waals surface area (Å²) in [6, 6.07) is 10.2. The monoisotopic (exact) mass is 301 g/mol. The van der Waals surface area contributed by atoms with Crippen LogP contribution in [0.5, 0.6) is 0 Å². The smallest absolute Gasteiger partial charge is 0.307 e. The quantitative estimate of drug-likeness (QED) is 0.793. The van der Waals surface area contributed by atoms with Gasteiger partial charge in [-0.05, 0) is 49.5 Å². The Morgan fingerprint density at radius 1 is 1.09 bits per heavy atom.